The number of hydrogen-bond donors (Lipinski definition) is 2. The number of halogens is 2. The number of phenols is 1. The number of rotatable bonds is 4. The van der Waals surface area contributed by atoms with Gasteiger partial charge in [0, 0.05) is 13.5 Å². The van der Waals surface area contributed by atoms with Crippen molar-refractivity contribution in [2.45, 2.75) is 45.8 Å². The molecule has 2 N–H and O–H groups in total. The normalized spacial score (nSPS) is 19.2. The fourth-order valence-corrected chi connectivity index (χ4v) is 2.32. The molecule has 0 bridgehead atoms. The van der Waals surface area contributed by atoms with E-state index >= 15 is 0 Å². The van der Waals surface area contributed by atoms with Crippen molar-refractivity contribution in [3.8, 4) is 5.75 Å². The summed E-state index contributed by atoms with van der Waals surface area (Å²) < 4.78 is 38.7. The number of aromatic hydroxyl groups is 1. The number of nitrogens with one attached hydrogen (secondary N) is 1. The second-order valence-corrected chi connectivity index (χ2v) is 7.05. The molecule has 1 aliphatic heterocycles. The van der Waals surface area contributed by atoms with Crippen LogP contribution in [0, 0.1) is 11.6 Å². The smallest absolute Gasteiger partial charge is 0.492 e. The van der Waals surface area contributed by atoms with E-state index in [1.807, 2.05) is 27.7 Å². The van der Waals surface area contributed by atoms with E-state index in [2.05, 4.69) is 5.32 Å². The van der Waals surface area contributed by atoms with Crippen LogP contribution in [0.15, 0.2) is 17.6 Å². The maximum absolute atomic E-state index is 13.5. The van der Waals surface area contributed by atoms with Crippen LogP contribution >= 0.6 is 0 Å². The molecule has 1 heterocycles. The largest absolute Gasteiger partial charge is 0.505 e. The van der Waals surface area contributed by atoms with Gasteiger partial charge >= 0.3 is 7.12 Å². The van der Waals surface area contributed by atoms with Gasteiger partial charge in [0.1, 0.15) is 0 Å². The molecule has 1 fully saturated rings. The van der Waals surface area contributed by atoms with Gasteiger partial charge in [-0.3, -0.25) is 4.79 Å². The van der Waals surface area contributed by atoms with Crippen molar-refractivity contribution in [3.63, 3.8) is 0 Å². The lowest BCUT2D eigenvalue weighted by Gasteiger charge is -2.32. The van der Waals surface area contributed by atoms with Gasteiger partial charge in [0.25, 0.3) is 0 Å². The summed E-state index contributed by atoms with van der Waals surface area (Å²) in [7, 11) is -0.771. The Morgan fingerprint density at radius 2 is 1.80 bits per heavy atom. The molecule has 136 valence electrons. The standard InChI is InChI=1S/C17H22BF2NO4/c1-10(22)21-9-12(18-24-16(2,3)17(4,5)25-18)6-11-7-13(19)15(20)14(23)8-11/h6-8,23H,9H2,1-5H3,(H,21,22). The Labute approximate surface area is 146 Å². The molecule has 0 spiro atoms. The van der Waals surface area contributed by atoms with Gasteiger partial charge in [-0.1, -0.05) is 6.08 Å². The van der Waals surface area contributed by atoms with Gasteiger partial charge in [-0.15, -0.1) is 0 Å². The van der Waals surface area contributed by atoms with Crippen LogP contribution in [0.1, 0.15) is 40.2 Å². The summed E-state index contributed by atoms with van der Waals surface area (Å²) in [6.45, 7) is 8.99. The molecule has 5 nitrogen and oxygen atoms in total. The van der Waals surface area contributed by atoms with Crippen LogP contribution in [0.3, 0.4) is 0 Å². The Bertz CT molecular complexity index is 680. The van der Waals surface area contributed by atoms with Crippen LogP contribution in [0.4, 0.5) is 8.78 Å². The Kier molecular flexibility index (Phi) is 5.25. The van der Waals surface area contributed by atoms with Gasteiger partial charge in [0.05, 0.1) is 11.2 Å². The van der Waals surface area contributed by atoms with Gasteiger partial charge in [-0.05, 0) is 50.9 Å². The highest BCUT2D eigenvalue weighted by Gasteiger charge is 2.52. The predicted octanol–water partition coefficient (Wildman–Crippen LogP) is 2.82. The first-order chi connectivity index (χ1) is 11.4. The molecule has 0 unspecified atom stereocenters. The molecular formula is C17H22BF2NO4. The summed E-state index contributed by atoms with van der Waals surface area (Å²) in [5, 5.41) is 12.1. The van der Waals surface area contributed by atoms with Crippen molar-refractivity contribution in [1.82, 2.24) is 5.32 Å². The van der Waals surface area contributed by atoms with Crippen LogP contribution in [0.25, 0.3) is 6.08 Å². The lowest BCUT2D eigenvalue weighted by molar-refractivity contribution is -0.118. The molecule has 0 atom stereocenters. The predicted molar refractivity (Wildman–Crippen MR) is 90.8 cm³/mol. The summed E-state index contributed by atoms with van der Waals surface area (Å²) in [5.41, 5.74) is -0.447. The van der Waals surface area contributed by atoms with Crippen molar-refractivity contribution in [2.24, 2.45) is 0 Å². The van der Waals surface area contributed by atoms with Crippen molar-refractivity contribution < 1.29 is 28.0 Å². The van der Waals surface area contributed by atoms with E-state index < -0.39 is 35.7 Å². The number of phenolic OH excluding ortho intramolecular Hbond substituents is 1. The van der Waals surface area contributed by atoms with E-state index in [4.69, 9.17) is 9.31 Å². The second-order valence-electron chi connectivity index (χ2n) is 7.05. The van der Waals surface area contributed by atoms with Crippen molar-refractivity contribution >= 4 is 19.1 Å². The first-order valence-corrected chi connectivity index (χ1v) is 7.91. The van der Waals surface area contributed by atoms with Gasteiger partial charge < -0.3 is 19.7 Å². The minimum Gasteiger partial charge on any atom is -0.505 e. The van der Waals surface area contributed by atoms with E-state index in [1.165, 1.54) is 13.0 Å². The quantitative estimate of drug-likeness (QED) is 0.817. The Hall–Kier alpha value is -1.93. The van der Waals surface area contributed by atoms with Crippen LogP contribution in [0.5, 0.6) is 5.75 Å². The van der Waals surface area contributed by atoms with Crippen LogP contribution in [-0.2, 0) is 14.1 Å². The van der Waals surface area contributed by atoms with E-state index in [9.17, 15) is 18.7 Å². The minimum absolute atomic E-state index is 0.103. The zero-order chi connectivity index (χ0) is 19.0. The second kappa shape index (κ2) is 6.76. The topological polar surface area (TPSA) is 67.8 Å². The molecule has 1 amide bonds. The van der Waals surface area contributed by atoms with E-state index in [0.717, 1.165) is 12.1 Å². The van der Waals surface area contributed by atoms with Crippen LogP contribution in [-0.4, -0.2) is 35.9 Å². The van der Waals surface area contributed by atoms with Crippen LogP contribution < -0.4 is 5.32 Å². The molecule has 8 heteroatoms. The third-order valence-electron chi connectivity index (χ3n) is 4.48. The Morgan fingerprint density at radius 3 is 2.28 bits per heavy atom. The van der Waals surface area contributed by atoms with Crippen LogP contribution in [0.2, 0.25) is 0 Å². The first kappa shape index (κ1) is 19.4. The third kappa shape index (κ3) is 4.19. The number of hydrogen-bond acceptors (Lipinski definition) is 4. The molecule has 0 radical (unpaired) electrons. The average Bonchev–Trinajstić information content (AvgIpc) is 2.68. The van der Waals surface area contributed by atoms with Crippen molar-refractivity contribution in [3.05, 3.63) is 34.8 Å². The highest BCUT2D eigenvalue weighted by molar-refractivity contribution is 6.56. The molecule has 0 aromatic heterocycles. The van der Waals surface area contributed by atoms with Gasteiger partial charge in [-0.25, -0.2) is 4.39 Å². The highest BCUT2D eigenvalue weighted by atomic mass is 19.2. The Balaban J connectivity index is 2.38. The molecule has 1 aromatic carbocycles. The summed E-state index contributed by atoms with van der Waals surface area (Å²) in [4.78, 5) is 11.3. The maximum Gasteiger partial charge on any atom is 0.492 e. The Morgan fingerprint density at radius 1 is 1.24 bits per heavy atom. The molecular weight excluding hydrogens is 331 g/mol. The fraction of sp³-hybridized carbons (Fsp3) is 0.471. The zero-order valence-corrected chi connectivity index (χ0v) is 14.9. The van der Waals surface area contributed by atoms with Gasteiger partial charge in [-0.2, -0.15) is 4.39 Å². The van der Waals surface area contributed by atoms with Crippen molar-refractivity contribution in [1.29, 1.82) is 0 Å². The average molecular weight is 353 g/mol. The summed E-state index contributed by atoms with van der Waals surface area (Å²) in [6, 6.07) is 2.05. The third-order valence-corrected chi connectivity index (χ3v) is 4.48. The maximum atomic E-state index is 13.5. The monoisotopic (exact) mass is 353 g/mol. The van der Waals surface area contributed by atoms with E-state index in [-0.39, 0.29) is 18.0 Å². The first-order valence-electron chi connectivity index (χ1n) is 7.91. The summed E-state index contributed by atoms with van der Waals surface area (Å²) in [5.74, 6) is -3.52. The number of benzene rings is 1. The fourth-order valence-electron chi connectivity index (χ4n) is 2.32. The molecule has 2 rings (SSSR count). The number of carbonyl (C=O) groups is 1. The molecule has 25 heavy (non-hydrogen) atoms. The minimum atomic E-state index is -1.31. The number of carbonyl (C=O) groups excluding carboxylic acids is 1. The molecule has 1 aromatic rings. The summed E-state index contributed by atoms with van der Waals surface area (Å²) in [6.07, 6.45) is 1.50. The highest BCUT2D eigenvalue weighted by Crippen LogP contribution is 2.38. The number of amides is 1. The lowest BCUT2D eigenvalue weighted by Crippen LogP contribution is -2.41. The van der Waals surface area contributed by atoms with Gasteiger partial charge in [0.15, 0.2) is 17.4 Å². The molecule has 1 saturated heterocycles. The SMILES string of the molecule is CC(=O)NCC(=Cc1cc(O)c(F)c(F)c1)B1OC(C)(C)C(C)(C)O1. The zero-order valence-electron chi connectivity index (χ0n) is 14.9. The van der Waals surface area contributed by atoms with E-state index in [0.29, 0.717) is 5.47 Å². The molecule has 0 saturated carbocycles. The molecule has 1 aliphatic rings. The van der Waals surface area contributed by atoms with E-state index in [1.54, 1.807) is 0 Å². The summed E-state index contributed by atoms with van der Waals surface area (Å²) >= 11 is 0. The lowest BCUT2D eigenvalue weighted by atomic mass is 9.77. The van der Waals surface area contributed by atoms with Crippen molar-refractivity contribution in [2.75, 3.05) is 6.54 Å². The van der Waals surface area contributed by atoms with Gasteiger partial charge in [0.2, 0.25) is 5.91 Å². The molecule has 0 aliphatic carbocycles.